The van der Waals surface area contributed by atoms with Crippen LogP contribution in [0.1, 0.15) is 12.0 Å². The summed E-state index contributed by atoms with van der Waals surface area (Å²) in [5.41, 5.74) is 0.990. The van der Waals surface area contributed by atoms with Crippen molar-refractivity contribution in [2.75, 3.05) is 20.3 Å². The van der Waals surface area contributed by atoms with Crippen LogP contribution in [0.4, 0.5) is 0 Å². The van der Waals surface area contributed by atoms with E-state index in [2.05, 4.69) is 5.32 Å². The van der Waals surface area contributed by atoms with Gasteiger partial charge in [-0.15, -0.1) is 0 Å². The van der Waals surface area contributed by atoms with Gasteiger partial charge in [-0.25, -0.2) is 0 Å². The van der Waals surface area contributed by atoms with Crippen molar-refractivity contribution in [1.29, 1.82) is 0 Å². The number of fused-ring (bicyclic) bond motifs is 1. The molecule has 20 heavy (non-hydrogen) atoms. The van der Waals surface area contributed by atoms with E-state index in [1.807, 2.05) is 18.2 Å². The molecule has 106 valence electrons. The standard InChI is InChI=1S/C14H16N2O4/c1-16-13(17)7-10(14(16)18)15-8-9-2-3-11-12(6-9)20-5-4-19-11/h2-3,6,10,15H,4-5,7-8H2,1H3. The average Bonchev–Trinajstić information content (AvgIpc) is 2.72. The van der Waals surface area contributed by atoms with Gasteiger partial charge >= 0.3 is 0 Å². The highest BCUT2D eigenvalue weighted by molar-refractivity contribution is 6.05. The van der Waals surface area contributed by atoms with Crippen LogP contribution in [0, 0.1) is 0 Å². The lowest BCUT2D eigenvalue weighted by Gasteiger charge is -2.19. The van der Waals surface area contributed by atoms with Gasteiger partial charge in [0.15, 0.2) is 11.5 Å². The summed E-state index contributed by atoms with van der Waals surface area (Å²) in [5, 5.41) is 3.11. The molecule has 2 aliphatic rings. The number of likely N-dealkylation sites (N-methyl/N-ethyl adjacent to an activating group) is 1. The minimum atomic E-state index is -0.430. The number of carbonyl (C=O) groups is 2. The van der Waals surface area contributed by atoms with Crippen LogP contribution in [0.3, 0.4) is 0 Å². The van der Waals surface area contributed by atoms with Gasteiger partial charge < -0.3 is 14.8 Å². The fraction of sp³-hybridized carbons (Fsp3) is 0.429. The number of imide groups is 1. The van der Waals surface area contributed by atoms with Crippen LogP contribution in [-0.4, -0.2) is 43.0 Å². The molecule has 1 aromatic rings. The van der Waals surface area contributed by atoms with E-state index in [4.69, 9.17) is 9.47 Å². The quantitative estimate of drug-likeness (QED) is 0.805. The Morgan fingerprint density at radius 1 is 1.25 bits per heavy atom. The fourth-order valence-corrected chi connectivity index (χ4v) is 2.35. The highest BCUT2D eigenvalue weighted by Gasteiger charge is 2.35. The van der Waals surface area contributed by atoms with E-state index in [0.717, 1.165) is 17.1 Å². The first-order valence-electron chi connectivity index (χ1n) is 6.57. The molecule has 1 N–H and O–H groups in total. The normalized spacial score (nSPS) is 21.4. The van der Waals surface area contributed by atoms with Crippen LogP contribution in [-0.2, 0) is 16.1 Å². The smallest absolute Gasteiger partial charge is 0.246 e. The molecule has 0 bridgehead atoms. The van der Waals surface area contributed by atoms with Crippen LogP contribution < -0.4 is 14.8 Å². The van der Waals surface area contributed by atoms with E-state index in [1.54, 1.807) is 0 Å². The SMILES string of the molecule is CN1C(=O)CC(NCc2ccc3c(c2)OCCO3)C1=O. The summed E-state index contributed by atoms with van der Waals surface area (Å²) < 4.78 is 11.0. The van der Waals surface area contributed by atoms with Crippen LogP contribution >= 0.6 is 0 Å². The second-order valence-electron chi connectivity index (χ2n) is 4.91. The Balaban J connectivity index is 1.64. The maximum atomic E-state index is 11.8. The number of rotatable bonds is 3. The minimum Gasteiger partial charge on any atom is -0.486 e. The second-order valence-corrected chi connectivity index (χ2v) is 4.91. The largest absolute Gasteiger partial charge is 0.486 e. The molecule has 0 radical (unpaired) electrons. The van der Waals surface area contributed by atoms with Gasteiger partial charge in [0.25, 0.3) is 0 Å². The Labute approximate surface area is 116 Å². The van der Waals surface area contributed by atoms with E-state index in [0.29, 0.717) is 19.8 Å². The average molecular weight is 276 g/mol. The molecule has 1 atom stereocenters. The van der Waals surface area contributed by atoms with Gasteiger partial charge in [-0.05, 0) is 17.7 Å². The number of hydrogen-bond acceptors (Lipinski definition) is 5. The molecule has 6 nitrogen and oxygen atoms in total. The van der Waals surface area contributed by atoms with E-state index < -0.39 is 6.04 Å². The number of ether oxygens (including phenoxy) is 2. The Bertz CT molecular complexity index is 558. The maximum absolute atomic E-state index is 11.8. The summed E-state index contributed by atoms with van der Waals surface area (Å²) in [7, 11) is 1.51. The van der Waals surface area contributed by atoms with Crippen LogP contribution in [0.25, 0.3) is 0 Å². The molecule has 1 unspecified atom stereocenters. The van der Waals surface area contributed by atoms with Crippen LogP contribution in [0.2, 0.25) is 0 Å². The van der Waals surface area contributed by atoms with Gasteiger partial charge in [0.1, 0.15) is 13.2 Å². The van der Waals surface area contributed by atoms with Gasteiger partial charge in [0, 0.05) is 13.6 Å². The zero-order valence-electron chi connectivity index (χ0n) is 11.2. The predicted molar refractivity (Wildman–Crippen MR) is 70.5 cm³/mol. The number of likely N-dealkylation sites (tertiary alicyclic amines) is 1. The van der Waals surface area contributed by atoms with Crippen molar-refractivity contribution in [3.8, 4) is 11.5 Å². The number of amides is 2. The molecule has 0 spiro atoms. The first kappa shape index (κ1) is 12.9. The molecule has 3 rings (SSSR count). The Morgan fingerprint density at radius 3 is 2.70 bits per heavy atom. The summed E-state index contributed by atoms with van der Waals surface area (Å²) in [6.45, 7) is 1.62. The van der Waals surface area contributed by atoms with E-state index in [-0.39, 0.29) is 18.2 Å². The number of hydrogen-bond donors (Lipinski definition) is 1. The number of nitrogens with one attached hydrogen (secondary N) is 1. The van der Waals surface area contributed by atoms with Crippen molar-refractivity contribution >= 4 is 11.8 Å². The molecule has 2 amide bonds. The fourth-order valence-electron chi connectivity index (χ4n) is 2.35. The molecule has 1 aromatic carbocycles. The predicted octanol–water partition coefficient (Wildman–Crippen LogP) is 0.305. The third-order valence-corrected chi connectivity index (χ3v) is 3.54. The van der Waals surface area contributed by atoms with Crippen molar-refractivity contribution in [3.05, 3.63) is 23.8 Å². The van der Waals surface area contributed by atoms with Gasteiger partial charge in [-0.2, -0.15) is 0 Å². The van der Waals surface area contributed by atoms with Gasteiger partial charge in [-0.1, -0.05) is 6.07 Å². The highest BCUT2D eigenvalue weighted by Crippen LogP contribution is 2.30. The molecule has 0 aromatic heterocycles. The van der Waals surface area contributed by atoms with Crippen molar-refractivity contribution < 1.29 is 19.1 Å². The van der Waals surface area contributed by atoms with Gasteiger partial charge in [0.05, 0.1) is 12.5 Å². The second kappa shape index (κ2) is 5.13. The Hall–Kier alpha value is -2.08. The summed E-state index contributed by atoms with van der Waals surface area (Å²) in [4.78, 5) is 24.4. The topological polar surface area (TPSA) is 67.9 Å². The number of carbonyl (C=O) groups excluding carboxylic acids is 2. The lowest BCUT2D eigenvalue weighted by Crippen LogP contribution is -2.36. The Kier molecular flexibility index (Phi) is 3.31. The molecule has 0 aliphatic carbocycles. The number of nitrogens with zero attached hydrogens (tertiary/aromatic N) is 1. The van der Waals surface area contributed by atoms with Crippen molar-refractivity contribution in [1.82, 2.24) is 10.2 Å². The molecule has 2 aliphatic heterocycles. The Morgan fingerprint density at radius 2 is 2.00 bits per heavy atom. The van der Waals surface area contributed by atoms with E-state index in [1.165, 1.54) is 11.9 Å². The molecule has 1 fully saturated rings. The lowest BCUT2D eigenvalue weighted by molar-refractivity contribution is -0.137. The summed E-state index contributed by atoms with van der Waals surface area (Å²) in [6.07, 6.45) is 0.222. The zero-order valence-corrected chi connectivity index (χ0v) is 11.2. The lowest BCUT2D eigenvalue weighted by atomic mass is 10.1. The van der Waals surface area contributed by atoms with Crippen molar-refractivity contribution in [2.24, 2.45) is 0 Å². The molecule has 0 saturated carbocycles. The van der Waals surface area contributed by atoms with Crippen molar-refractivity contribution in [3.63, 3.8) is 0 Å². The van der Waals surface area contributed by atoms with E-state index in [9.17, 15) is 9.59 Å². The summed E-state index contributed by atoms with van der Waals surface area (Å²) in [5.74, 6) is 1.15. The first-order valence-corrected chi connectivity index (χ1v) is 6.57. The van der Waals surface area contributed by atoms with Crippen LogP contribution in [0.15, 0.2) is 18.2 Å². The minimum absolute atomic E-state index is 0.144. The van der Waals surface area contributed by atoms with Crippen LogP contribution in [0.5, 0.6) is 11.5 Å². The molecule has 6 heteroatoms. The molecular formula is C14H16N2O4. The molecule has 2 heterocycles. The number of benzene rings is 1. The van der Waals surface area contributed by atoms with Gasteiger partial charge in [0.2, 0.25) is 11.8 Å². The van der Waals surface area contributed by atoms with Gasteiger partial charge in [-0.3, -0.25) is 14.5 Å². The highest BCUT2D eigenvalue weighted by atomic mass is 16.6. The third-order valence-electron chi connectivity index (χ3n) is 3.54. The third kappa shape index (κ3) is 2.34. The monoisotopic (exact) mass is 276 g/mol. The van der Waals surface area contributed by atoms with Crippen molar-refractivity contribution in [2.45, 2.75) is 19.0 Å². The first-order chi connectivity index (χ1) is 9.65. The summed E-state index contributed by atoms with van der Waals surface area (Å²) in [6, 6.07) is 5.25. The maximum Gasteiger partial charge on any atom is 0.246 e. The van der Waals surface area contributed by atoms with E-state index >= 15 is 0 Å². The summed E-state index contributed by atoms with van der Waals surface area (Å²) >= 11 is 0. The molecule has 1 saturated heterocycles. The zero-order chi connectivity index (χ0) is 14.1. The molecular weight excluding hydrogens is 260 g/mol.